The van der Waals surface area contributed by atoms with E-state index in [1.54, 1.807) is 6.20 Å². The van der Waals surface area contributed by atoms with Crippen LogP contribution in [-0.4, -0.2) is 89.7 Å². The van der Waals surface area contributed by atoms with E-state index >= 15 is 0 Å². The molecular weight excluding hydrogens is 580 g/mol. The maximum absolute atomic E-state index is 12.4. The van der Waals surface area contributed by atoms with Gasteiger partial charge in [0.05, 0.1) is 6.20 Å². The first-order valence-corrected chi connectivity index (χ1v) is 17.2. The number of nitrogens with two attached hydrogens (primary N) is 2. The largest absolute Gasteiger partial charge is 0.444 e. The molecule has 1 aromatic carbocycles. The second kappa shape index (κ2) is 13.4. The Morgan fingerprint density at radius 1 is 1.04 bits per heavy atom. The quantitative estimate of drug-likeness (QED) is 0.358. The van der Waals surface area contributed by atoms with Crippen LogP contribution in [0, 0.1) is 17.3 Å². The summed E-state index contributed by atoms with van der Waals surface area (Å²) in [7, 11) is 0. The molecule has 1 aliphatic carbocycles. The summed E-state index contributed by atoms with van der Waals surface area (Å²) in [5.41, 5.74) is 14.1. The van der Waals surface area contributed by atoms with Gasteiger partial charge in [-0.15, -0.1) is 0 Å². The average molecular weight is 633 g/mol. The number of piperidine rings is 2. The van der Waals surface area contributed by atoms with E-state index in [1.807, 2.05) is 25.7 Å². The minimum absolute atomic E-state index is 0.153. The Labute approximate surface area is 273 Å². The number of anilines is 3. The lowest BCUT2D eigenvalue weighted by Gasteiger charge is -2.60. The Morgan fingerprint density at radius 2 is 1.72 bits per heavy atom. The highest BCUT2D eigenvalue weighted by Gasteiger charge is 2.55. The van der Waals surface area contributed by atoms with Crippen molar-refractivity contribution in [1.82, 2.24) is 19.8 Å². The zero-order valence-electron chi connectivity index (χ0n) is 27.8. The molecule has 46 heavy (non-hydrogen) atoms. The van der Waals surface area contributed by atoms with Gasteiger partial charge in [0.2, 0.25) is 0 Å². The fourth-order valence-corrected chi connectivity index (χ4v) is 7.96. The van der Waals surface area contributed by atoms with Crippen LogP contribution in [0.25, 0.3) is 0 Å². The van der Waals surface area contributed by atoms with E-state index in [1.165, 1.54) is 24.8 Å². The van der Waals surface area contributed by atoms with Crippen LogP contribution in [0.2, 0.25) is 0 Å². The number of hydrogen-bond acceptors (Lipinski definition) is 9. The normalized spacial score (nSPS) is 21.4. The molecule has 1 saturated carbocycles. The molecule has 3 aliphatic heterocycles. The lowest BCUT2D eigenvalue weighted by atomic mass is 9.54. The number of likely N-dealkylation sites (tertiary alicyclic amines) is 2. The molecule has 4 fully saturated rings. The summed E-state index contributed by atoms with van der Waals surface area (Å²) in [6.07, 6.45) is 9.55. The molecular formula is C35H52N8O3. The van der Waals surface area contributed by atoms with E-state index in [0.717, 1.165) is 83.0 Å². The Balaban J connectivity index is 0.971. The minimum Gasteiger partial charge on any atom is -0.444 e. The van der Waals surface area contributed by atoms with Crippen molar-refractivity contribution in [1.29, 1.82) is 0 Å². The van der Waals surface area contributed by atoms with Crippen LogP contribution in [0.15, 0.2) is 30.5 Å². The number of ether oxygens (including phenoxy) is 1. The third-order valence-corrected chi connectivity index (χ3v) is 10.5. The highest BCUT2D eigenvalue weighted by Crippen LogP contribution is 2.54. The first-order valence-electron chi connectivity index (χ1n) is 17.2. The summed E-state index contributed by atoms with van der Waals surface area (Å²) in [4.78, 5) is 40.2. The summed E-state index contributed by atoms with van der Waals surface area (Å²) in [6, 6.07) is 8.49. The average Bonchev–Trinajstić information content (AvgIpc) is 2.99. The number of primary amides is 1. The van der Waals surface area contributed by atoms with Gasteiger partial charge in [0.1, 0.15) is 11.4 Å². The predicted octanol–water partition coefficient (Wildman–Crippen LogP) is 4.71. The fourth-order valence-electron chi connectivity index (χ4n) is 7.96. The summed E-state index contributed by atoms with van der Waals surface area (Å²) >= 11 is 0. The van der Waals surface area contributed by atoms with Gasteiger partial charge in [-0.2, -0.15) is 0 Å². The van der Waals surface area contributed by atoms with Gasteiger partial charge in [-0.1, -0.05) is 12.1 Å². The van der Waals surface area contributed by atoms with Crippen molar-refractivity contribution < 1.29 is 14.3 Å². The van der Waals surface area contributed by atoms with Gasteiger partial charge >= 0.3 is 6.09 Å². The van der Waals surface area contributed by atoms with Crippen LogP contribution in [0.5, 0.6) is 0 Å². The van der Waals surface area contributed by atoms with Crippen molar-refractivity contribution in [2.75, 3.05) is 62.6 Å². The van der Waals surface area contributed by atoms with Gasteiger partial charge in [0.25, 0.3) is 5.91 Å². The van der Waals surface area contributed by atoms with Crippen molar-refractivity contribution >= 4 is 29.3 Å². The van der Waals surface area contributed by atoms with Crippen molar-refractivity contribution in [3.8, 4) is 0 Å². The highest BCUT2D eigenvalue weighted by atomic mass is 16.6. The summed E-state index contributed by atoms with van der Waals surface area (Å²) in [6.45, 7) is 13.2. The maximum atomic E-state index is 12.4. The van der Waals surface area contributed by atoms with Crippen molar-refractivity contribution in [2.24, 2.45) is 28.7 Å². The number of nitrogens with zero attached hydrogens (tertiary/aromatic N) is 5. The van der Waals surface area contributed by atoms with Crippen molar-refractivity contribution in [2.45, 2.75) is 77.2 Å². The highest BCUT2D eigenvalue weighted by molar-refractivity contribution is 5.96. The molecule has 0 bridgehead atoms. The SMILES string of the molecule is CC(C)(C)OC(=O)N1CC2(CC(C(CN)CN3CCC(c4ccc(Nc5nc(N6CCCCC6)cnc5C(N)=O)cc4)CC3)C2)C1. The number of carbonyl (C=O) groups is 2. The molecule has 1 spiro atoms. The van der Waals surface area contributed by atoms with E-state index in [9.17, 15) is 9.59 Å². The third kappa shape index (κ3) is 7.41. The number of aromatic nitrogens is 2. The molecule has 6 rings (SSSR count). The second-order valence-corrected chi connectivity index (χ2v) is 15.2. The Morgan fingerprint density at radius 3 is 2.33 bits per heavy atom. The van der Waals surface area contributed by atoms with Crippen LogP contribution in [0.1, 0.15) is 87.7 Å². The molecule has 3 saturated heterocycles. The zero-order valence-corrected chi connectivity index (χ0v) is 27.8. The molecule has 5 N–H and O–H groups in total. The van der Waals surface area contributed by atoms with E-state index < -0.39 is 11.5 Å². The molecule has 11 heteroatoms. The maximum Gasteiger partial charge on any atom is 0.410 e. The van der Waals surface area contributed by atoms with Crippen molar-refractivity contribution in [3.05, 3.63) is 41.7 Å². The Kier molecular flexibility index (Phi) is 9.43. The predicted molar refractivity (Wildman–Crippen MR) is 180 cm³/mol. The van der Waals surface area contributed by atoms with Crippen LogP contribution in [0.3, 0.4) is 0 Å². The number of amides is 2. The number of rotatable bonds is 9. The Hall–Kier alpha value is -3.44. The van der Waals surface area contributed by atoms with E-state index in [4.69, 9.17) is 21.2 Å². The first kappa shape index (κ1) is 32.5. The van der Waals surface area contributed by atoms with E-state index in [0.29, 0.717) is 30.1 Å². The summed E-state index contributed by atoms with van der Waals surface area (Å²) in [5, 5.41) is 3.30. The molecule has 1 atom stereocenters. The summed E-state index contributed by atoms with van der Waals surface area (Å²) in [5.74, 6) is 2.25. The topological polar surface area (TPSA) is 143 Å². The van der Waals surface area contributed by atoms with Gasteiger partial charge in [0.15, 0.2) is 11.5 Å². The smallest absolute Gasteiger partial charge is 0.410 e. The lowest BCUT2D eigenvalue weighted by molar-refractivity contribution is -0.109. The van der Waals surface area contributed by atoms with E-state index in [-0.39, 0.29) is 17.2 Å². The van der Waals surface area contributed by atoms with Crippen LogP contribution >= 0.6 is 0 Å². The van der Waals surface area contributed by atoms with Crippen molar-refractivity contribution in [3.63, 3.8) is 0 Å². The molecule has 1 unspecified atom stereocenters. The van der Waals surface area contributed by atoms with Gasteiger partial charge in [0, 0.05) is 43.8 Å². The van der Waals surface area contributed by atoms with Gasteiger partial charge < -0.3 is 36.2 Å². The molecule has 2 aromatic rings. The summed E-state index contributed by atoms with van der Waals surface area (Å²) < 4.78 is 5.54. The molecule has 4 heterocycles. The standard InChI is InChI=1S/C35H52N8O3/c1-34(2,3)46-33(45)43-22-35(23-43)17-26(18-35)27(19-36)21-41-15-11-25(12-16-41)24-7-9-28(10-8-24)39-32-30(31(37)44)38-20-29(40-32)42-13-5-4-6-14-42/h7-10,20,25-27H,4-6,11-19,21-23,36H2,1-3H3,(H2,37,44)(H,39,40). The van der Waals surface area contributed by atoms with Gasteiger partial charge in [-0.25, -0.2) is 14.8 Å². The van der Waals surface area contributed by atoms with Gasteiger partial charge in [-0.05, 0) is 121 Å². The minimum atomic E-state index is -0.592. The molecule has 2 amide bonds. The number of hydrogen-bond donors (Lipinski definition) is 3. The van der Waals surface area contributed by atoms with Crippen LogP contribution in [-0.2, 0) is 4.74 Å². The molecule has 11 nitrogen and oxygen atoms in total. The van der Waals surface area contributed by atoms with Gasteiger partial charge in [-0.3, -0.25) is 4.79 Å². The number of nitrogens with one attached hydrogen (secondary N) is 1. The molecule has 4 aliphatic rings. The fraction of sp³-hybridized carbons (Fsp3) is 0.657. The second-order valence-electron chi connectivity index (χ2n) is 15.2. The molecule has 250 valence electrons. The van der Waals surface area contributed by atoms with E-state index in [2.05, 4.69) is 44.4 Å². The molecule has 0 radical (unpaired) electrons. The zero-order chi connectivity index (χ0) is 32.5. The number of benzene rings is 1. The monoisotopic (exact) mass is 632 g/mol. The molecule has 1 aromatic heterocycles. The first-order chi connectivity index (χ1) is 22.0. The van der Waals surface area contributed by atoms with Crippen LogP contribution < -0.4 is 21.7 Å². The lowest BCUT2D eigenvalue weighted by Crippen LogP contribution is -2.65. The third-order valence-electron chi connectivity index (χ3n) is 10.5. The number of carbonyl (C=O) groups excluding carboxylic acids is 2. The van der Waals surface area contributed by atoms with Crippen LogP contribution in [0.4, 0.5) is 22.1 Å². The Bertz CT molecular complexity index is 1370.